The van der Waals surface area contributed by atoms with Crippen LogP contribution in [0, 0.1) is 0 Å². The Kier molecular flexibility index (Phi) is 5.96. The number of fused-ring (bicyclic) bond motifs is 1. The lowest BCUT2D eigenvalue weighted by Crippen LogP contribution is -2.52. The van der Waals surface area contributed by atoms with E-state index in [1.54, 1.807) is 18.2 Å². The van der Waals surface area contributed by atoms with Gasteiger partial charge in [0.25, 0.3) is 11.8 Å². The highest BCUT2D eigenvalue weighted by Crippen LogP contribution is 2.32. The molecule has 11 heteroatoms. The van der Waals surface area contributed by atoms with E-state index in [2.05, 4.69) is 5.32 Å². The van der Waals surface area contributed by atoms with Crippen LogP contribution in [0.25, 0.3) is 0 Å². The van der Waals surface area contributed by atoms with Crippen LogP contribution in [0.2, 0.25) is 5.02 Å². The molecule has 2 heterocycles. The van der Waals surface area contributed by atoms with Gasteiger partial charge in [-0.2, -0.15) is 8.78 Å². The largest absolute Gasteiger partial charge is 0.384 e. The summed E-state index contributed by atoms with van der Waals surface area (Å²) in [5, 5.41) is 2.53. The number of imide groups is 1. The molecule has 0 bridgehead atoms. The maximum Gasteiger partial charge on any atom is 0.348 e. The molecule has 1 fully saturated rings. The number of amides is 4. The van der Waals surface area contributed by atoms with Gasteiger partial charge in [0, 0.05) is 35.7 Å². The van der Waals surface area contributed by atoms with Gasteiger partial charge in [-0.15, -0.1) is 0 Å². The monoisotopic (exact) mass is 473 g/mol. The molecule has 0 spiro atoms. The van der Waals surface area contributed by atoms with Crippen molar-refractivity contribution in [3.63, 3.8) is 0 Å². The first-order valence-corrected chi connectivity index (χ1v) is 10.6. The summed E-state index contributed by atoms with van der Waals surface area (Å²) < 4.78 is 29.4. The number of carbonyl (C=O) groups excluding carboxylic acids is 4. The zero-order valence-electron chi connectivity index (χ0n) is 17.6. The second kappa shape index (κ2) is 8.59. The molecule has 4 amide bonds. The Morgan fingerprint density at radius 2 is 1.88 bits per heavy atom. The number of benzene rings is 2. The molecule has 7 nitrogen and oxygen atoms in total. The van der Waals surface area contributed by atoms with Gasteiger partial charge in [-0.05, 0) is 35.7 Å². The van der Waals surface area contributed by atoms with Crippen molar-refractivity contribution in [1.29, 1.82) is 0 Å². The summed E-state index contributed by atoms with van der Waals surface area (Å²) in [7, 11) is 1.28. The number of nitrogens with one attached hydrogen (secondary N) is 1. The van der Waals surface area contributed by atoms with E-state index in [-0.39, 0.29) is 42.8 Å². The topological polar surface area (TPSA) is 86.8 Å². The summed E-state index contributed by atoms with van der Waals surface area (Å²) in [6.07, 6.45) is 0.394. The minimum atomic E-state index is -3.73. The van der Waals surface area contributed by atoms with Gasteiger partial charge < -0.3 is 9.71 Å². The third kappa shape index (κ3) is 4.35. The second-order valence-electron chi connectivity index (χ2n) is 8.13. The predicted molar refractivity (Wildman–Crippen MR) is 117 cm³/mol. The van der Waals surface area contributed by atoms with Crippen molar-refractivity contribution >= 4 is 43.2 Å². The summed E-state index contributed by atoms with van der Waals surface area (Å²) in [5.41, 5.74) is 1.15. The van der Waals surface area contributed by atoms with E-state index >= 15 is 0 Å². The van der Waals surface area contributed by atoms with E-state index in [0.717, 1.165) is 16.9 Å². The molecule has 0 radical (unpaired) electrons. The van der Waals surface area contributed by atoms with Gasteiger partial charge in [0.05, 0.1) is 0 Å². The first-order valence-electron chi connectivity index (χ1n) is 10.2. The molecule has 2 aromatic rings. The third-order valence-electron chi connectivity index (χ3n) is 5.83. The Bertz CT molecular complexity index is 1160. The van der Waals surface area contributed by atoms with Gasteiger partial charge in [0.1, 0.15) is 6.04 Å². The zero-order chi connectivity index (χ0) is 23.9. The molecule has 1 unspecified atom stereocenters. The lowest BCUT2D eigenvalue weighted by molar-refractivity contribution is -0.154. The third-order valence-corrected chi connectivity index (χ3v) is 6.08. The molecule has 4 rings (SSSR count). The Morgan fingerprint density at radius 3 is 2.55 bits per heavy atom. The van der Waals surface area contributed by atoms with Gasteiger partial charge in [-0.3, -0.25) is 24.5 Å². The van der Waals surface area contributed by atoms with Crippen molar-refractivity contribution in [2.75, 3.05) is 0 Å². The quantitative estimate of drug-likeness (QED) is 0.530. The first-order chi connectivity index (χ1) is 15.6. The van der Waals surface area contributed by atoms with Crippen LogP contribution < -0.4 is 5.32 Å². The van der Waals surface area contributed by atoms with Crippen LogP contribution in [-0.2, 0) is 33.4 Å². The Balaban J connectivity index is 1.47. The zero-order valence-corrected chi connectivity index (χ0v) is 18.4. The highest BCUT2D eigenvalue weighted by molar-refractivity contribution is 6.30. The van der Waals surface area contributed by atoms with Crippen LogP contribution in [0.4, 0.5) is 8.78 Å². The highest BCUT2D eigenvalue weighted by atomic mass is 35.5. The first kappa shape index (κ1) is 22.9. The van der Waals surface area contributed by atoms with E-state index in [4.69, 9.17) is 11.6 Å². The van der Waals surface area contributed by atoms with Gasteiger partial charge in [0.2, 0.25) is 19.8 Å². The summed E-state index contributed by atoms with van der Waals surface area (Å²) in [6, 6.07) is 8.89. The number of carbonyl (C=O) groups is 4. The molecule has 1 N–H and O–H groups in total. The fourth-order valence-corrected chi connectivity index (χ4v) is 4.22. The fraction of sp³-hybridized carbons (Fsp3) is 0.273. The number of hydrogen-bond acceptors (Lipinski definition) is 4. The minimum absolute atomic E-state index is 0.0953. The smallest absolute Gasteiger partial charge is 0.348 e. The highest BCUT2D eigenvalue weighted by Gasteiger charge is 2.43. The summed E-state index contributed by atoms with van der Waals surface area (Å²) in [4.78, 5) is 51.1. The van der Waals surface area contributed by atoms with Crippen molar-refractivity contribution in [1.82, 2.24) is 15.0 Å². The molecule has 0 aromatic heterocycles. The normalized spacial score (nSPS) is 18.2. The van der Waals surface area contributed by atoms with Crippen molar-refractivity contribution in [3.8, 4) is 0 Å². The number of piperidine rings is 1. The fourth-order valence-electron chi connectivity index (χ4n) is 4.09. The van der Waals surface area contributed by atoms with Crippen LogP contribution >= 0.6 is 11.6 Å². The molecular weight excluding hydrogens is 455 g/mol. The molecule has 2 aromatic carbocycles. The Hall–Kier alpha value is -3.27. The number of halogens is 3. The molecule has 33 heavy (non-hydrogen) atoms. The number of hydrogen-bond donors (Lipinski definition) is 1. The predicted octanol–water partition coefficient (Wildman–Crippen LogP) is 1.77. The number of nitrogens with zero attached hydrogens (tertiary/aromatic N) is 2. The Morgan fingerprint density at radius 1 is 1.18 bits per heavy atom. The van der Waals surface area contributed by atoms with Crippen LogP contribution in [0.5, 0.6) is 0 Å². The van der Waals surface area contributed by atoms with Crippen molar-refractivity contribution < 1.29 is 28.0 Å². The lowest BCUT2D eigenvalue weighted by atomic mass is 10.0. The number of rotatable bonds is 5. The van der Waals surface area contributed by atoms with Crippen molar-refractivity contribution in [2.45, 2.75) is 37.9 Å². The maximum atomic E-state index is 14.7. The molecular formula is C22H19BClF2N3O4. The molecule has 2 aliphatic heterocycles. The van der Waals surface area contributed by atoms with Crippen LogP contribution in [0.1, 0.15) is 39.9 Å². The summed E-state index contributed by atoms with van der Waals surface area (Å²) in [5.74, 6) is -6.31. The Labute approximate surface area is 194 Å². The van der Waals surface area contributed by atoms with Gasteiger partial charge in [-0.1, -0.05) is 35.9 Å². The SMILES string of the molecule is BN(Cc1ccc2c(c1)CN(C1CCC(=O)NC1=O)C2=O)C(=O)C(F)(F)c1ccc(Cl)cc1. The molecule has 1 saturated heterocycles. The average molecular weight is 474 g/mol. The molecule has 170 valence electrons. The lowest BCUT2D eigenvalue weighted by Gasteiger charge is -2.29. The van der Waals surface area contributed by atoms with Gasteiger partial charge >= 0.3 is 5.92 Å². The van der Waals surface area contributed by atoms with Crippen molar-refractivity contribution in [3.05, 3.63) is 69.7 Å². The molecule has 0 saturated carbocycles. The molecule has 2 aliphatic rings. The standard InChI is InChI=1S/C22H19BClF2N3O4/c23-29(21(33)22(25,26)14-2-4-15(24)5-3-14)10-12-1-6-16-13(9-12)11-28(20(16)32)17-7-8-18(30)27-19(17)31/h1-6,9,17H,7-8,10-11,23H2,(H,27,30,31). The number of alkyl halides is 2. The van der Waals surface area contributed by atoms with E-state index < -0.39 is 29.3 Å². The average Bonchev–Trinajstić information content (AvgIpc) is 3.09. The van der Waals surface area contributed by atoms with Crippen molar-refractivity contribution in [2.24, 2.45) is 0 Å². The maximum absolute atomic E-state index is 14.7. The summed E-state index contributed by atoms with van der Waals surface area (Å²) in [6.45, 7) is 0.0643. The molecule has 1 atom stereocenters. The van der Waals surface area contributed by atoms with E-state index in [9.17, 15) is 28.0 Å². The van der Waals surface area contributed by atoms with E-state index in [1.165, 1.54) is 25.0 Å². The second-order valence-corrected chi connectivity index (χ2v) is 8.57. The van der Waals surface area contributed by atoms with E-state index in [0.29, 0.717) is 16.7 Å². The van der Waals surface area contributed by atoms with Gasteiger partial charge in [0.15, 0.2) is 0 Å². The molecule has 0 aliphatic carbocycles. The van der Waals surface area contributed by atoms with Crippen LogP contribution in [0.15, 0.2) is 42.5 Å². The van der Waals surface area contributed by atoms with E-state index in [1.807, 2.05) is 0 Å². The minimum Gasteiger partial charge on any atom is -0.384 e. The van der Waals surface area contributed by atoms with Crippen LogP contribution in [-0.4, -0.2) is 47.4 Å². The summed E-state index contributed by atoms with van der Waals surface area (Å²) >= 11 is 5.74. The van der Waals surface area contributed by atoms with Crippen LogP contribution in [0.3, 0.4) is 0 Å². The van der Waals surface area contributed by atoms with Gasteiger partial charge in [-0.25, -0.2) is 0 Å².